The molecule has 4 N–H and O–H groups in total. The zero-order chi connectivity index (χ0) is 13.8. The Balaban J connectivity index is 2.01. The molecule has 1 heterocycles. The Bertz CT molecular complexity index is 456. The standard InChI is InChI=1S/C14H20BrN3O/c15-12-5-11(9-16)6-13(8-12)18-3-1-10(2-4-18)7-14(17)19/h5-6,8,10H,1-4,7,9,16H2,(H2,17,19). The van der Waals surface area contributed by atoms with E-state index in [1.54, 1.807) is 0 Å². The number of amides is 1. The second-order valence-corrected chi connectivity index (χ2v) is 6.04. The van der Waals surface area contributed by atoms with Gasteiger partial charge in [0, 0.05) is 36.2 Å². The average Bonchev–Trinajstić information content (AvgIpc) is 2.38. The molecule has 0 saturated carbocycles. The quantitative estimate of drug-likeness (QED) is 0.889. The Kier molecular flexibility index (Phi) is 4.82. The van der Waals surface area contributed by atoms with Gasteiger partial charge < -0.3 is 16.4 Å². The monoisotopic (exact) mass is 325 g/mol. The molecule has 1 aliphatic rings. The highest BCUT2D eigenvalue weighted by Crippen LogP contribution is 2.28. The van der Waals surface area contributed by atoms with Crippen molar-refractivity contribution >= 4 is 27.5 Å². The summed E-state index contributed by atoms with van der Waals surface area (Å²) in [7, 11) is 0. The Hall–Kier alpha value is -1.07. The topological polar surface area (TPSA) is 72.3 Å². The number of nitrogens with two attached hydrogens (primary N) is 2. The lowest BCUT2D eigenvalue weighted by molar-refractivity contribution is -0.119. The van der Waals surface area contributed by atoms with E-state index in [1.807, 2.05) is 6.07 Å². The van der Waals surface area contributed by atoms with Crippen molar-refractivity contribution in [3.63, 3.8) is 0 Å². The van der Waals surface area contributed by atoms with Gasteiger partial charge in [0.2, 0.25) is 5.91 Å². The molecule has 0 aliphatic carbocycles. The maximum absolute atomic E-state index is 10.9. The predicted octanol–water partition coefficient (Wildman–Crippen LogP) is 2.00. The molecule has 1 aliphatic heterocycles. The summed E-state index contributed by atoms with van der Waals surface area (Å²) in [5.41, 5.74) is 13.3. The SMILES string of the molecule is NCc1cc(Br)cc(N2CCC(CC(N)=O)CC2)c1. The maximum atomic E-state index is 10.9. The second-order valence-electron chi connectivity index (χ2n) is 5.12. The molecule has 104 valence electrons. The summed E-state index contributed by atoms with van der Waals surface area (Å²) in [4.78, 5) is 13.3. The number of primary amides is 1. The van der Waals surface area contributed by atoms with Crippen molar-refractivity contribution in [1.82, 2.24) is 0 Å². The number of halogens is 1. The Morgan fingerprint density at radius 1 is 1.32 bits per heavy atom. The van der Waals surface area contributed by atoms with Crippen LogP contribution in [0.15, 0.2) is 22.7 Å². The van der Waals surface area contributed by atoms with Crippen LogP contribution in [0.1, 0.15) is 24.8 Å². The largest absolute Gasteiger partial charge is 0.371 e. The van der Waals surface area contributed by atoms with E-state index >= 15 is 0 Å². The predicted molar refractivity (Wildman–Crippen MR) is 80.8 cm³/mol. The van der Waals surface area contributed by atoms with E-state index in [2.05, 4.69) is 33.0 Å². The number of carbonyl (C=O) groups is 1. The fourth-order valence-corrected chi connectivity index (χ4v) is 3.14. The van der Waals surface area contributed by atoms with Gasteiger partial charge >= 0.3 is 0 Å². The smallest absolute Gasteiger partial charge is 0.217 e. The lowest BCUT2D eigenvalue weighted by atomic mass is 9.93. The van der Waals surface area contributed by atoms with Gasteiger partial charge in [-0.25, -0.2) is 0 Å². The van der Waals surface area contributed by atoms with Crippen molar-refractivity contribution in [3.05, 3.63) is 28.2 Å². The number of benzene rings is 1. The molecule has 19 heavy (non-hydrogen) atoms. The van der Waals surface area contributed by atoms with Crippen LogP contribution in [0.4, 0.5) is 5.69 Å². The van der Waals surface area contributed by atoms with E-state index in [-0.39, 0.29) is 5.91 Å². The van der Waals surface area contributed by atoms with Crippen LogP contribution in [0.25, 0.3) is 0 Å². The highest BCUT2D eigenvalue weighted by Gasteiger charge is 2.21. The number of nitrogens with zero attached hydrogens (tertiary/aromatic N) is 1. The third-order valence-electron chi connectivity index (χ3n) is 3.65. The van der Waals surface area contributed by atoms with Crippen molar-refractivity contribution in [3.8, 4) is 0 Å². The molecule has 0 atom stereocenters. The fraction of sp³-hybridized carbons (Fsp3) is 0.500. The summed E-state index contributed by atoms with van der Waals surface area (Å²) in [6, 6.07) is 6.30. The van der Waals surface area contributed by atoms with Crippen LogP contribution in [0, 0.1) is 5.92 Å². The number of piperidine rings is 1. The normalized spacial score (nSPS) is 16.6. The van der Waals surface area contributed by atoms with Gasteiger partial charge in [-0.1, -0.05) is 15.9 Å². The maximum Gasteiger partial charge on any atom is 0.217 e. The molecule has 0 spiro atoms. The van der Waals surface area contributed by atoms with E-state index in [0.29, 0.717) is 18.9 Å². The molecule has 1 amide bonds. The van der Waals surface area contributed by atoms with Crippen LogP contribution in [-0.4, -0.2) is 19.0 Å². The van der Waals surface area contributed by atoms with Crippen molar-refractivity contribution in [2.45, 2.75) is 25.8 Å². The summed E-state index contributed by atoms with van der Waals surface area (Å²) in [5, 5.41) is 0. The number of hydrogen-bond donors (Lipinski definition) is 2. The van der Waals surface area contributed by atoms with Crippen molar-refractivity contribution < 1.29 is 4.79 Å². The first-order valence-electron chi connectivity index (χ1n) is 6.61. The van der Waals surface area contributed by atoms with Crippen LogP contribution in [-0.2, 0) is 11.3 Å². The molecule has 0 bridgehead atoms. The van der Waals surface area contributed by atoms with Crippen molar-refractivity contribution in [2.24, 2.45) is 17.4 Å². The molecule has 1 fully saturated rings. The van der Waals surface area contributed by atoms with Gasteiger partial charge in [-0.2, -0.15) is 0 Å². The van der Waals surface area contributed by atoms with E-state index < -0.39 is 0 Å². The number of anilines is 1. The minimum Gasteiger partial charge on any atom is -0.371 e. The first-order chi connectivity index (χ1) is 9.08. The second kappa shape index (κ2) is 6.39. The zero-order valence-corrected chi connectivity index (χ0v) is 12.5. The van der Waals surface area contributed by atoms with E-state index in [4.69, 9.17) is 11.5 Å². The molecule has 1 aromatic carbocycles. The number of hydrogen-bond acceptors (Lipinski definition) is 3. The molecule has 0 unspecified atom stereocenters. The molecule has 4 nitrogen and oxygen atoms in total. The fourth-order valence-electron chi connectivity index (χ4n) is 2.61. The van der Waals surface area contributed by atoms with Crippen LogP contribution in [0.5, 0.6) is 0 Å². The zero-order valence-electron chi connectivity index (χ0n) is 10.9. The van der Waals surface area contributed by atoms with Gasteiger partial charge in [0.05, 0.1) is 0 Å². The lowest BCUT2D eigenvalue weighted by Crippen LogP contribution is -2.35. The van der Waals surface area contributed by atoms with Crippen LogP contribution in [0.2, 0.25) is 0 Å². The average molecular weight is 326 g/mol. The van der Waals surface area contributed by atoms with Crippen LogP contribution < -0.4 is 16.4 Å². The van der Waals surface area contributed by atoms with Crippen LogP contribution >= 0.6 is 15.9 Å². The van der Waals surface area contributed by atoms with Crippen LogP contribution in [0.3, 0.4) is 0 Å². The molecule has 2 rings (SSSR count). The van der Waals surface area contributed by atoms with E-state index in [0.717, 1.165) is 36.0 Å². The molecule has 5 heteroatoms. The van der Waals surface area contributed by atoms with Crippen molar-refractivity contribution in [1.29, 1.82) is 0 Å². The summed E-state index contributed by atoms with van der Waals surface area (Å²) in [6.07, 6.45) is 2.56. The molecular formula is C14H20BrN3O. The summed E-state index contributed by atoms with van der Waals surface area (Å²) in [6.45, 7) is 2.49. The molecule has 0 radical (unpaired) electrons. The molecule has 1 saturated heterocycles. The van der Waals surface area contributed by atoms with E-state index in [1.165, 1.54) is 5.69 Å². The van der Waals surface area contributed by atoms with Gasteiger partial charge in [0.25, 0.3) is 0 Å². The molecule has 0 aromatic heterocycles. The first-order valence-corrected chi connectivity index (χ1v) is 7.40. The van der Waals surface area contributed by atoms with Gasteiger partial charge in [0.15, 0.2) is 0 Å². The van der Waals surface area contributed by atoms with Gasteiger partial charge in [0.1, 0.15) is 0 Å². The minimum atomic E-state index is -0.189. The number of carbonyl (C=O) groups excluding carboxylic acids is 1. The van der Waals surface area contributed by atoms with Gasteiger partial charge in [-0.15, -0.1) is 0 Å². The lowest BCUT2D eigenvalue weighted by Gasteiger charge is -2.33. The van der Waals surface area contributed by atoms with E-state index in [9.17, 15) is 4.79 Å². The third kappa shape index (κ3) is 3.94. The summed E-state index contributed by atoms with van der Waals surface area (Å²) in [5.74, 6) is 0.251. The number of rotatable bonds is 4. The minimum absolute atomic E-state index is 0.189. The highest BCUT2D eigenvalue weighted by molar-refractivity contribution is 9.10. The molecule has 1 aromatic rings. The Labute approximate surface area is 122 Å². The molecular weight excluding hydrogens is 306 g/mol. The Morgan fingerprint density at radius 3 is 2.58 bits per heavy atom. The summed E-state index contributed by atoms with van der Waals surface area (Å²) < 4.78 is 1.06. The van der Waals surface area contributed by atoms with Gasteiger partial charge in [-0.3, -0.25) is 4.79 Å². The van der Waals surface area contributed by atoms with Gasteiger partial charge in [-0.05, 0) is 42.5 Å². The summed E-state index contributed by atoms with van der Waals surface area (Å²) >= 11 is 3.52. The third-order valence-corrected chi connectivity index (χ3v) is 4.11. The first kappa shape index (κ1) is 14.3. The van der Waals surface area contributed by atoms with Crippen molar-refractivity contribution in [2.75, 3.05) is 18.0 Å². The highest BCUT2D eigenvalue weighted by atomic mass is 79.9. The Morgan fingerprint density at radius 2 is 2.00 bits per heavy atom.